The van der Waals surface area contributed by atoms with Crippen LogP contribution in [0.4, 0.5) is 0 Å². The summed E-state index contributed by atoms with van der Waals surface area (Å²) < 4.78 is 10.4. The van der Waals surface area contributed by atoms with Gasteiger partial charge >= 0.3 is 0 Å². The largest absolute Gasteiger partial charge is 0.493 e. The van der Waals surface area contributed by atoms with Gasteiger partial charge in [0.15, 0.2) is 11.5 Å². The molecular weight excluding hydrogens is 268 g/mol. The summed E-state index contributed by atoms with van der Waals surface area (Å²) in [5.41, 5.74) is 6.57. The second-order valence-electron chi connectivity index (χ2n) is 5.56. The molecule has 1 aliphatic rings. The van der Waals surface area contributed by atoms with Crippen LogP contribution in [-0.4, -0.2) is 44.2 Å². The summed E-state index contributed by atoms with van der Waals surface area (Å²) in [6, 6.07) is 5.48. The van der Waals surface area contributed by atoms with Gasteiger partial charge in [0.2, 0.25) is 0 Å². The van der Waals surface area contributed by atoms with Gasteiger partial charge in [-0.05, 0) is 43.9 Å². The third kappa shape index (κ3) is 3.47. The van der Waals surface area contributed by atoms with Gasteiger partial charge in [-0.3, -0.25) is 4.79 Å². The number of hydrogen-bond donors (Lipinski definition) is 1. The van der Waals surface area contributed by atoms with Crippen molar-refractivity contribution in [1.29, 1.82) is 0 Å². The Kier molecular flexibility index (Phi) is 5.07. The van der Waals surface area contributed by atoms with E-state index in [1.165, 1.54) is 0 Å². The molecule has 1 aromatic carbocycles. The van der Waals surface area contributed by atoms with Crippen LogP contribution in [0.3, 0.4) is 0 Å². The second kappa shape index (κ2) is 6.80. The zero-order valence-electron chi connectivity index (χ0n) is 13.0. The lowest BCUT2D eigenvalue weighted by atomic mass is 9.90. The van der Waals surface area contributed by atoms with Gasteiger partial charge in [0.05, 0.1) is 14.2 Å². The number of hydrogen-bond acceptors (Lipinski definition) is 4. The standard InChI is InChI=1S/C16H24N2O3/c1-11(17)12-6-8-18(9-7-12)16(19)13-4-5-14(20-2)15(10-13)21-3/h4-5,10-12H,6-9,17H2,1-3H3. The fourth-order valence-electron chi connectivity index (χ4n) is 2.78. The first kappa shape index (κ1) is 15.6. The molecule has 1 heterocycles. The summed E-state index contributed by atoms with van der Waals surface area (Å²) in [5.74, 6) is 1.76. The molecule has 116 valence electrons. The Morgan fingerprint density at radius 1 is 1.24 bits per heavy atom. The van der Waals surface area contributed by atoms with E-state index in [9.17, 15) is 4.79 Å². The predicted octanol–water partition coefficient (Wildman–Crippen LogP) is 1.90. The van der Waals surface area contributed by atoms with E-state index >= 15 is 0 Å². The molecule has 1 unspecified atom stereocenters. The molecule has 21 heavy (non-hydrogen) atoms. The molecular formula is C16H24N2O3. The average Bonchev–Trinajstić information content (AvgIpc) is 2.53. The maximum atomic E-state index is 12.5. The monoisotopic (exact) mass is 292 g/mol. The van der Waals surface area contributed by atoms with Crippen LogP contribution in [0.2, 0.25) is 0 Å². The molecule has 0 spiro atoms. The minimum Gasteiger partial charge on any atom is -0.493 e. The number of benzene rings is 1. The number of piperidine rings is 1. The molecule has 0 saturated carbocycles. The highest BCUT2D eigenvalue weighted by Crippen LogP contribution is 2.29. The Hall–Kier alpha value is -1.75. The highest BCUT2D eigenvalue weighted by atomic mass is 16.5. The molecule has 1 atom stereocenters. The fourth-order valence-corrected chi connectivity index (χ4v) is 2.78. The Balaban J connectivity index is 2.07. The lowest BCUT2D eigenvalue weighted by molar-refractivity contribution is 0.0680. The van der Waals surface area contributed by atoms with E-state index in [4.69, 9.17) is 15.2 Å². The number of methoxy groups -OCH3 is 2. The van der Waals surface area contributed by atoms with Crippen LogP contribution in [0, 0.1) is 5.92 Å². The minimum absolute atomic E-state index is 0.0408. The molecule has 5 nitrogen and oxygen atoms in total. The molecule has 0 bridgehead atoms. The molecule has 2 N–H and O–H groups in total. The molecule has 1 aromatic rings. The van der Waals surface area contributed by atoms with E-state index in [2.05, 4.69) is 0 Å². The zero-order chi connectivity index (χ0) is 15.4. The van der Waals surface area contributed by atoms with Crippen LogP contribution in [0.5, 0.6) is 11.5 Å². The van der Waals surface area contributed by atoms with Gasteiger partial charge in [-0.15, -0.1) is 0 Å². The van der Waals surface area contributed by atoms with Crippen molar-refractivity contribution in [2.75, 3.05) is 27.3 Å². The highest BCUT2D eigenvalue weighted by molar-refractivity contribution is 5.95. The fraction of sp³-hybridized carbons (Fsp3) is 0.562. The molecule has 1 aliphatic heterocycles. The van der Waals surface area contributed by atoms with Gasteiger partial charge < -0.3 is 20.1 Å². The van der Waals surface area contributed by atoms with Crippen molar-refractivity contribution in [3.05, 3.63) is 23.8 Å². The Morgan fingerprint density at radius 3 is 2.38 bits per heavy atom. The van der Waals surface area contributed by atoms with Crippen molar-refractivity contribution in [1.82, 2.24) is 4.90 Å². The third-order valence-corrected chi connectivity index (χ3v) is 4.20. The summed E-state index contributed by atoms with van der Waals surface area (Å²) in [7, 11) is 3.15. The Morgan fingerprint density at radius 2 is 1.86 bits per heavy atom. The van der Waals surface area contributed by atoms with Gasteiger partial charge in [-0.1, -0.05) is 0 Å². The Bertz CT molecular complexity index is 494. The first-order valence-electron chi connectivity index (χ1n) is 7.33. The number of rotatable bonds is 4. The lowest BCUT2D eigenvalue weighted by Gasteiger charge is -2.33. The van der Waals surface area contributed by atoms with Crippen LogP contribution in [0.15, 0.2) is 18.2 Å². The minimum atomic E-state index is 0.0408. The van der Waals surface area contributed by atoms with Crippen molar-refractivity contribution in [2.45, 2.75) is 25.8 Å². The average molecular weight is 292 g/mol. The van der Waals surface area contributed by atoms with Crippen LogP contribution < -0.4 is 15.2 Å². The van der Waals surface area contributed by atoms with Crippen molar-refractivity contribution >= 4 is 5.91 Å². The maximum Gasteiger partial charge on any atom is 0.253 e. The number of likely N-dealkylation sites (tertiary alicyclic amines) is 1. The highest BCUT2D eigenvalue weighted by Gasteiger charge is 2.25. The number of nitrogens with zero attached hydrogens (tertiary/aromatic N) is 1. The summed E-state index contributed by atoms with van der Waals surface area (Å²) in [5, 5.41) is 0. The first-order valence-corrected chi connectivity index (χ1v) is 7.33. The summed E-state index contributed by atoms with van der Waals surface area (Å²) in [6.45, 7) is 3.56. The molecule has 0 radical (unpaired) electrons. The molecule has 1 fully saturated rings. The Labute approximate surface area is 126 Å². The molecule has 5 heteroatoms. The van der Waals surface area contributed by atoms with Crippen LogP contribution in [-0.2, 0) is 0 Å². The first-order chi connectivity index (χ1) is 10.1. The second-order valence-corrected chi connectivity index (χ2v) is 5.56. The van der Waals surface area contributed by atoms with Gasteiger partial charge in [0, 0.05) is 24.7 Å². The summed E-state index contributed by atoms with van der Waals surface area (Å²) in [4.78, 5) is 14.4. The van der Waals surface area contributed by atoms with E-state index in [1.807, 2.05) is 11.8 Å². The number of carbonyl (C=O) groups excluding carboxylic acids is 1. The zero-order valence-corrected chi connectivity index (χ0v) is 13.0. The van der Waals surface area contributed by atoms with Gasteiger partial charge in [-0.25, -0.2) is 0 Å². The maximum absolute atomic E-state index is 12.5. The van der Waals surface area contributed by atoms with Crippen LogP contribution >= 0.6 is 0 Å². The number of amides is 1. The SMILES string of the molecule is COc1ccc(C(=O)N2CCC(C(C)N)CC2)cc1OC. The van der Waals surface area contributed by atoms with E-state index in [0.29, 0.717) is 23.0 Å². The van der Waals surface area contributed by atoms with E-state index in [1.54, 1.807) is 32.4 Å². The van der Waals surface area contributed by atoms with Crippen LogP contribution in [0.25, 0.3) is 0 Å². The quantitative estimate of drug-likeness (QED) is 0.920. The van der Waals surface area contributed by atoms with Crippen molar-refractivity contribution in [2.24, 2.45) is 11.7 Å². The smallest absolute Gasteiger partial charge is 0.253 e. The predicted molar refractivity (Wildman–Crippen MR) is 81.8 cm³/mol. The molecule has 0 aromatic heterocycles. The third-order valence-electron chi connectivity index (χ3n) is 4.20. The number of nitrogens with two attached hydrogens (primary N) is 1. The number of carbonyl (C=O) groups is 1. The summed E-state index contributed by atoms with van der Waals surface area (Å²) in [6.07, 6.45) is 1.94. The van der Waals surface area contributed by atoms with Gasteiger partial charge in [0.1, 0.15) is 0 Å². The number of ether oxygens (including phenoxy) is 2. The lowest BCUT2D eigenvalue weighted by Crippen LogP contribution is -2.42. The van der Waals surface area contributed by atoms with E-state index < -0.39 is 0 Å². The topological polar surface area (TPSA) is 64.8 Å². The van der Waals surface area contributed by atoms with Crippen molar-refractivity contribution < 1.29 is 14.3 Å². The van der Waals surface area contributed by atoms with E-state index in [-0.39, 0.29) is 11.9 Å². The summed E-state index contributed by atoms with van der Waals surface area (Å²) >= 11 is 0. The van der Waals surface area contributed by atoms with Gasteiger partial charge in [0.25, 0.3) is 5.91 Å². The molecule has 1 saturated heterocycles. The molecule has 2 rings (SSSR count). The van der Waals surface area contributed by atoms with E-state index in [0.717, 1.165) is 25.9 Å². The van der Waals surface area contributed by atoms with Crippen LogP contribution in [0.1, 0.15) is 30.1 Å². The molecule has 1 amide bonds. The van der Waals surface area contributed by atoms with Gasteiger partial charge in [-0.2, -0.15) is 0 Å². The van der Waals surface area contributed by atoms with Crippen molar-refractivity contribution in [3.63, 3.8) is 0 Å². The molecule has 0 aliphatic carbocycles. The van der Waals surface area contributed by atoms with Crippen molar-refractivity contribution in [3.8, 4) is 11.5 Å². The normalized spacial score (nSPS) is 17.4.